The molecule has 0 unspecified atom stereocenters. The highest BCUT2D eigenvalue weighted by Gasteiger charge is 2.20. The van der Waals surface area contributed by atoms with E-state index in [1.807, 2.05) is 36.4 Å². The van der Waals surface area contributed by atoms with Crippen LogP contribution in [0.4, 0.5) is 8.78 Å². The van der Waals surface area contributed by atoms with Crippen LogP contribution >= 0.6 is 0 Å². The average molecular weight is 372 g/mol. The fourth-order valence-electron chi connectivity index (χ4n) is 2.51. The van der Waals surface area contributed by atoms with Gasteiger partial charge in [-0.2, -0.15) is 0 Å². The number of Topliss-reactive ketones (excluding diaryl/α,β-unsaturated/α-hetero) is 1. The van der Waals surface area contributed by atoms with Crippen LogP contribution in [0.3, 0.4) is 0 Å². The normalized spacial score (nSPS) is 10.6. The van der Waals surface area contributed by atoms with E-state index in [1.54, 1.807) is 6.07 Å². The van der Waals surface area contributed by atoms with E-state index >= 15 is 0 Å². The summed E-state index contributed by atoms with van der Waals surface area (Å²) < 4.78 is 38.4. The van der Waals surface area contributed by atoms with Crippen LogP contribution in [0, 0.1) is 11.6 Å². The molecule has 0 atom stereocenters. The summed E-state index contributed by atoms with van der Waals surface area (Å²) in [4.78, 5) is 21.9. The second-order valence-corrected chi connectivity index (χ2v) is 5.61. The Morgan fingerprint density at radius 1 is 0.852 bits per heavy atom. The molecule has 0 bridgehead atoms. The molecule has 7 heteroatoms. The third-order valence-electron chi connectivity index (χ3n) is 3.77. The molecule has 0 amide bonds. The van der Waals surface area contributed by atoms with E-state index in [2.05, 4.69) is 0 Å². The molecular weight excluding hydrogens is 358 g/mol. The lowest BCUT2D eigenvalue weighted by Crippen LogP contribution is -2.15. The van der Waals surface area contributed by atoms with Crippen molar-refractivity contribution in [2.75, 3.05) is 13.2 Å². The summed E-state index contributed by atoms with van der Waals surface area (Å²) in [5, 5.41) is 10.6. The zero-order valence-corrected chi connectivity index (χ0v) is 13.9. The molecule has 138 valence electrons. The van der Waals surface area contributed by atoms with Crippen LogP contribution in [0.25, 0.3) is 10.8 Å². The monoisotopic (exact) mass is 372 g/mol. The summed E-state index contributed by atoms with van der Waals surface area (Å²) in [6, 6.07) is 14.5. The number of ketones is 1. The number of rotatable bonds is 7. The molecule has 5 nitrogen and oxygen atoms in total. The Kier molecular flexibility index (Phi) is 5.30. The third kappa shape index (κ3) is 4.20. The van der Waals surface area contributed by atoms with Gasteiger partial charge in [-0.3, -0.25) is 4.79 Å². The first-order chi connectivity index (χ1) is 13.0. The highest BCUT2D eigenvalue weighted by Crippen LogP contribution is 2.24. The standard InChI is InChI=1S/C20H14F2O5/c21-16-10-14(18(23)20(24)25)11-17(22)19(16)27-8-7-26-15-6-5-12-3-1-2-4-13(12)9-15/h1-6,9-11H,7-8H2,(H,24,25). The number of hydrogen-bond donors (Lipinski definition) is 1. The van der Waals surface area contributed by atoms with Gasteiger partial charge < -0.3 is 14.6 Å². The third-order valence-corrected chi connectivity index (χ3v) is 3.77. The van der Waals surface area contributed by atoms with Crippen LogP contribution in [0.5, 0.6) is 11.5 Å². The largest absolute Gasteiger partial charge is 0.490 e. The number of hydrogen-bond acceptors (Lipinski definition) is 4. The predicted octanol–water partition coefficient (Wildman–Crippen LogP) is 3.84. The van der Waals surface area contributed by atoms with Gasteiger partial charge in [-0.1, -0.05) is 30.3 Å². The van der Waals surface area contributed by atoms with Crippen molar-refractivity contribution in [2.45, 2.75) is 0 Å². The molecule has 1 N–H and O–H groups in total. The summed E-state index contributed by atoms with van der Waals surface area (Å²) in [6.07, 6.45) is 0. The summed E-state index contributed by atoms with van der Waals surface area (Å²) >= 11 is 0. The van der Waals surface area contributed by atoms with Crippen LogP contribution in [0.2, 0.25) is 0 Å². The number of benzene rings is 3. The van der Waals surface area contributed by atoms with Gasteiger partial charge in [-0.15, -0.1) is 0 Å². The Labute approximate surface area is 152 Å². The van der Waals surface area contributed by atoms with Gasteiger partial charge in [0.25, 0.3) is 5.78 Å². The quantitative estimate of drug-likeness (QED) is 0.388. The maximum absolute atomic E-state index is 13.9. The van der Waals surface area contributed by atoms with Crippen molar-refractivity contribution in [3.8, 4) is 11.5 Å². The highest BCUT2D eigenvalue weighted by molar-refractivity contribution is 6.39. The van der Waals surface area contributed by atoms with E-state index in [1.165, 1.54) is 0 Å². The van der Waals surface area contributed by atoms with E-state index < -0.39 is 34.7 Å². The SMILES string of the molecule is O=C(O)C(=O)c1cc(F)c(OCCOc2ccc3ccccc3c2)c(F)c1. The van der Waals surface area contributed by atoms with E-state index in [-0.39, 0.29) is 13.2 Å². The first kappa shape index (κ1) is 18.3. The zero-order valence-electron chi connectivity index (χ0n) is 13.9. The molecule has 27 heavy (non-hydrogen) atoms. The van der Waals surface area contributed by atoms with Crippen LogP contribution in [0.1, 0.15) is 10.4 Å². The van der Waals surface area contributed by atoms with Crippen molar-refractivity contribution in [1.29, 1.82) is 0 Å². The van der Waals surface area contributed by atoms with Gasteiger partial charge >= 0.3 is 5.97 Å². The molecule has 3 rings (SSSR count). The molecule has 0 saturated carbocycles. The first-order valence-electron chi connectivity index (χ1n) is 7.97. The number of carbonyl (C=O) groups is 2. The smallest absolute Gasteiger partial charge is 0.377 e. The first-order valence-corrected chi connectivity index (χ1v) is 7.97. The fraction of sp³-hybridized carbons (Fsp3) is 0.100. The minimum absolute atomic E-state index is 0.0348. The van der Waals surface area contributed by atoms with E-state index in [4.69, 9.17) is 14.6 Å². The molecular formula is C20H14F2O5. The molecule has 0 saturated heterocycles. The number of carbonyl (C=O) groups excluding carboxylic acids is 1. The topological polar surface area (TPSA) is 72.8 Å². The van der Waals surface area contributed by atoms with Gasteiger partial charge in [0.05, 0.1) is 0 Å². The summed E-state index contributed by atoms with van der Waals surface area (Å²) in [5.74, 6) is -5.64. The predicted molar refractivity (Wildman–Crippen MR) is 93.3 cm³/mol. The zero-order chi connectivity index (χ0) is 19.4. The fourth-order valence-corrected chi connectivity index (χ4v) is 2.51. The minimum atomic E-state index is -1.80. The Hall–Kier alpha value is -3.48. The van der Waals surface area contributed by atoms with Crippen molar-refractivity contribution in [2.24, 2.45) is 0 Å². The van der Waals surface area contributed by atoms with Gasteiger partial charge in [0.2, 0.25) is 0 Å². The van der Waals surface area contributed by atoms with Crippen molar-refractivity contribution in [3.63, 3.8) is 0 Å². The molecule has 0 aromatic heterocycles. The number of fused-ring (bicyclic) bond motifs is 1. The minimum Gasteiger partial charge on any atom is -0.490 e. The van der Waals surface area contributed by atoms with Crippen molar-refractivity contribution in [1.82, 2.24) is 0 Å². The second-order valence-electron chi connectivity index (χ2n) is 5.61. The molecule has 0 spiro atoms. The van der Waals surface area contributed by atoms with Crippen molar-refractivity contribution < 1.29 is 33.0 Å². The Morgan fingerprint density at radius 3 is 2.15 bits per heavy atom. The Balaban J connectivity index is 1.61. The number of carboxylic acids is 1. The molecule has 0 aliphatic rings. The van der Waals surface area contributed by atoms with Gasteiger partial charge in [0.15, 0.2) is 17.4 Å². The van der Waals surface area contributed by atoms with Crippen LogP contribution in [0.15, 0.2) is 54.6 Å². The number of halogens is 2. The summed E-state index contributed by atoms with van der Waals surface area (Å²) in [5.41, 5.74) is -0.600. The Morgan fingerprint density at radius 2 is 1.48 bits per heavy atom. The molecule has 3 aromatic carbocycles. The lowest BCUT2D eigenvalue weighted by atomic mass is 10.1. The number of aliphatic carboxylic acids is 1. The van der Waals surface area contributed by atoms with E-state index in [0.717, 1.165) is 10.8 Å². The highest BCUT2D eigenvalue weighted by atomic mass is 19.1. The number of ether oxygens (including phenoxy) is 2. The molecule has 3 aromatic rings. The number of carboxylic acid groups (broad SMARTS) is 1. The van der Waals surface area contributed by atoms with Gasteiger partial charge in [-0.25, -0.2) is 13.6 Å². The molecule has 0 radical (unpaired) electrons. The second kappa shape index (κ2) is 7.82. The van der Waals surface area contributed by atoms with Gasteiger partial charge in [-0.05, 0) is 35.0 Å². The van der Waals surface area contributed by atoms with Crippen LogP contribution in [-0.2, 0) is 4.79 Å². The van der Waals surface area contributed by atoms with Crippen molar-refractivity contribution >= 4 is 22.5 Å². The maximum atomic E-state index is 13.9. The van der Waals surface area contributed by atoms with Gasteiger partial charge in [0.1, 0.15) is 19.0 Å². The van der Waals surface area contributed by atoms with E-state index in [9.17, 15) is 18.4 Å². The van der Waals surface area contributed by atoms with Crippen LogP contribution in [-0.4, -0.2) is 30.1 Å². The average Bonchev–Trinajstić information content (AvgIpc) is 2.65. The summed E-state index contributed by atoms with van der Waals surface area (Å²) in [7, 11) is 0. The van der Waals surface area contributed by atoms with Crippen LogP contribution < -0.4 is 9.47 Å². The summed E-state index contributed by atoms with van der Waals surface area (Å²) in [6.45, 7) is -0.111. The van der Waals surface area contributed by atoms with E-state index in [0.29, 0.717) is 17.9 Å². The van der Waals surface area contributed by atoms with Crippen molar-refractivity contribution in [3.05, 3.63) is 71.8 Å². The molecule has 0 aliphatic heterocycles. The lowest BCUT2D eigenvalue weighted by molar-refractivity contribution is -0.131. The lowest BCUT2D eigenvalue weighted by Gasteiger charge is -2.11. The van der Waals surface area contributed by atoms with Gasteiger partial charge in [0, 0.05) is 5.56 Å². The molecule has 0 fully saturated rings. The maximum Gasteiger partial charge on any atom is 0.377 e. The molecule has 0 heterocycles. The molecule has 0 aliphatic carbocycles. The Bertz CT molecular complexity index is 993.